The lowest BCUT2D eigenvalue weighted by atomic mass is 10.1. The van der Waals surface area contributed by atoms with Crippen LogP contribution in [0.2, 0.25) is 0 Å². The standard InChI is InChI=1S/C19H18N2O3S/c1-3-10-21-16-9-6-14(12-17(16)25-19(21)23)20-18(22)11-13-4-7-15(24-2)8-5-13/h3-9,12H,1,10-11H2,2H3,(H,20,22). The van der Waals surface area contributed by atoms with Crippen LogP contribution in [0, 0.1) is 0 Å². The molecule has 0 saturated carbocycles. The summed E-state index contributed by atoms with van der Waals surface area (Å²) in [4.78, 5) is 24.2. The first-order valence-corrected chi connectivity index (χ1v) is 8.59. The molecule has 1 N–H and O–H groups in total. The SMILES string of the molecule is C=CCn1c(=O)sc2cc(NC(=O)Cc3ccc(OC)cc3)ccc21. The number of hydrogen-bond acceptors (Lipinski definition) is 4. The highest BCUT2D eigenvalue weighted by Gasteiger charge is 2.09. The van der Waals surface area contributed by atoms with Gasteiger partial charge >= 0.3 is 4.87 Å². The van der Waals surface area contributed by atoms with Crippen molar-refractivity contribution in [2.75, 3.05) is 12.4 Å². The van der Waals surface area contributed by atoms with Gasteiger partial charge in [0.25, 0.3) is 0 Å². The number of allylic oxidation sites excluding steroid dienone is 1. The maximum Gasteiger partial charge on any atom is 0.308 e. The third-order valence-corrected chi connectivity index (χ3v) is 4.73. The van der Waals surface area contributed by atoms with Gasteiger partial charge in [-0.2, -0.15) is 0 Å². The number of aromatic nitrogens is 1. The molecule has 2 aromatic carbocycles. The van der Waals surface area contributed by atoms with Crippen molar-refractivity contribution in [2.24, 2.45) is 0 Å². The Balaban J connectivity index is 1.74. The van der Waals surface area contributed by atoms with E-state index in [-0.39, 0.29) is 17.2 Å². The average molecular weight is 354 g/mol. The number of benzene rings is 2. The number of hydrogen-bond donors (Lipinski definition) is 1. The highest BCUT2D eigenvalue weighted by molar-refractivity contribution is 7.16. The monoisotopic (exact) mass is 354 g/mol. The normalized spacial score (nSPS) is 10.6. The van der Waals surface area contributed by atoms with Crippen LogP contribution < -0.4 is 14.9 Å². The minimum absolute atomic E-state index is 0.0309. The molecule has 0 saturated heterocycles. The van der Waals surface area contributed by atoms with Crippen molar-refractivity contribution >= 4 is 33.1 Å². The Morgan fingerprint density at radius 3 is 2.72 bits per heavy atom. The van der Waals surface area contributed by atoms with E-state index in [1.807, 2.05) is 36.4 Å². The molecule has 1 aromatic heterocycles. The molecule has 1 amide bonds. The van der Waals surface area contributed by atoms with Crippen LogP contribution in [0.4, 0.5) is 5.69 Å². The topological polar surface area (TPSA) is 60.3 Å². The van der Waals surface area contributed by atoms with E-state index in [0.29, 0.717) is 12.2 Å². The predicted molar refractivity (Wildman–Crippen MR) is 102 cm³/mol. The summed E-state index contributed by atoms with van der Waals surface area (Å²) in [5.74, 6) is 0.649. The number of carbonyl (C=O) groups excluding carboxylic acids is 1. The number of rotatable bonds is 6. The first-order chi connectivity index (χ1) is 12.1. The molecule has 0 radical (unpaired) electrons. The van der Waals surface area contributed by atoms with Crippen molar-refractivity contribution in [1.82, 2.24) is 4.57 Å². The van der Waals surface area contributed by atoms with Crippen LogP contribution >= 0.6 is 11.3 Å². The number of amides is 1. The van der Waals surface area contributed by atoms with Crippen LogP contribution in [0.3, 0.4) is 0 Å². The highest BCUT2D eigenvalue weighted by atomic mass is 32.1. The Hall–Kier alpha value is -2.86. The van der Waals surface area contributed by atoms with E-state index in [4.69, 9.17) is 4.74 Å². The Morgan fingerprint density at radius 2 is 2.04 bits per heavy atom. The molecule has 3 rings (SSSR count). The summed E-state index contributed by atoms with van der Waals surface area (Å²) in [5, 5.41) is 2.88. The molecule has 0 atom stereocenters. The van der Waals surface area contributed by atoms with Crippen molar-refractivity contribution < 1.29 is 9.53 Å². The minimum atomic E-state index is -0.109. The molecule has 0 aliphatic rings. The summed E-state index contributed by atoms with van der Waals surface area (Å²) in [5.41, 5.74) is 2.43. The van der Waals surface area contributed by atoms with Crippen LogP contribution in [-0.4, -0.2) is 17.6 Å². The minimum Gasteiger partial charge on any atom is -0.497 e. The molecule has 3 aromatic rings. The van der Waals surface area contributed by atoms with E-state index < -0.39 is 0 Å². The molecule has 128 valence electrons. The molecule has 0 aliphatic carbocycles. The lowest BCUT2D eigenvalue weighted by Crippen LogP contribution is -2.14. The van der Waals surface area contributed by atoms with E-state index in [2.05, 4.69) is 11.9 Å². The van der Waals surface area contributed by atoms with Gasteiger partial charge in [0, 0.05) is 12.2 Å². The molecule has 0 fully saturated rings. The summed E-state index contributed by atoms with van der Waals surface area (Å²) in [6.07, 6.45) is 1.97. The molecule has 25 heavy (non-hydrogen) atoms. The Kier molecular flexibility index (Phi) is 5.00. The summed E-state index contributed by atoms with van der Waals surface area (Å²) in [7, 11) is 1.61. The van der Waals surface area contributed by atoms with Crippen LogP contribution in [0.15, 0.2) is 59.9 Å². The van der Waals surface area contributed by atoms with Crippen molar-refractivity contribution in [3.63, 3.8) is 0 Å². The van der Waals surface area contributed by atoms with Crippen molar-refractivity contribution in [3.05, 3.63) is 70.4 Å². The number of thiazole rings is 1. The summed E-state index contributed by atoms with van der Waals surface area (Å²) in [6.45, 7) is 4.15. The van der Waals surface area contributed by atoms with Crippen molar-refractivity contribution in [1.29, 1.82) is 0 Å². The van der Waals surface area contributed by atoms with Crippen LogP contribution in [0.1, 0.15) is 5.56 Å². The lowest BCUT2D eigenvalue weighted by Gasteiger charge is -2.07. The molecular weight excluding hydrogens is 336 g/mol. The van der Waals surface area contributed by atoms with Gasteiger partial charge in [0.05, 0.1) is 23.7 Å². The second-order valence-corrected chi connectivity index (χ2v) is 6.52. The van der Waals surface area contributed by atoms with Gasteiger partial charge in [-0.15, -0.1) is 6.58 Å². The molecular formula is C19H18N2O3S. The number of methoxy groups -OCH3 is 1. The van der Waals surface area contributed by atoms with Crippen LogP contribution in [0.25, 0.3) is 10.2 Å². The number of fused-ring (bicyclic) bond motifs is 1. The van der Waals surface area contributed by atoms with Crippen LogP contribution in [0.5, 0.6) is 5.75 Å². The summed E-state index contributed by atoms with van der Waals surface area (Å²) < 4.78 is 7.61. The molecule has 5 nitrogen and oxygen atoms in total. The zero-order valence-electron chi connectivity index (χ0n) is 13.8. The number of nitrogens with one attached hydrogen (secondary N) is 1. The summed E-state index contributed by atoms with van der Waals surface area (Å²) >= 11 is 1.16. The van der Waals surface area contributed by atoms with Crippen LogP contribution in [-0.2, 0) is 17.8 Å². The van der Waals surface area contributed by atoms with E-state index in [0.717, 1.165) is 32.9 Å². The van der Waals surface area contributed by atoms with Crippen molar-refractivity contribution in [3.8, 4) is 5.75 Å². The Bertz CT molecular complexity index is 970. The van der Waals surface area contributed by atoms with Crippen molar-refractivity contribution in [2.45, 2.75) is 13.0 Å². The molecule has 0 bridgehead atoms. The third-order valence-electron chi connectivity index (χ3n) is 3.79. The van der Waals surface area contributed by atoms with Gasteiger partial charge in [-0.25, -0.2) is 0 Å². The molecule has 6 heteroatoms. The fraction of sp³-hybridized carbons (Fsp3) is 0.158. The number of nitrogens with zero attached hydrogens (tertiary/aromatic N) is 1. The van der Waals surface area contributed by atoms with E-state index in [9.17, 15) is 9.59 Å². The van der Waals surface area contributed by atoms with Gasteiger partial charge in [0.15, 0.2) is 0 Å². The Morgan fingerprint density at radius 1 is 1.28 bits per heavy atom. The fourth-order valence-electron chi connectivity index (χ4n) is 2.58. The van der Waals surface area contributed by atoms with E-state index >= 15 is 0 Å². The second-order valence-electron chi connectivity index (χ2n) is 5.52. The smallest absolute Gasteiger partial charge is 0.308 e. The number of anilines is 1. The quantitative estimate of drug-likeness (QED) is 0.690. The lowest BCUT2D eigenvalue weighted by molar-refractivity contribution is -0.115. The fourth-order valence-corrected chi connectivity index (χ4v) is 3.52. The maximum absolute atomic E-state index is 12.2. The number of carbonyl (C=O) groups is 1. The second kappa shape index (κ2) is 7.36. The predicted octanol–water partition coefficient (Wildman–Crippen LogP) is 3.44. The van der Waals surface area contributed by atoms with E-state index in [1.165, 1.54) is 0 Å². The zero-order valence-corrected chi connectivity index (χ0v) is 14.6. The van der Waals surface area contributed by atoms with E-state index in [1.54, 1.807) is 23.8 Å². The van der Waals surface area contributed by atoms with Gasteiger partial charge in [-0.05, 0) is 35.9 Å². The third kappa shape index (κ3) is 3.80. The zero-order chi connectivity index (χ0) is 17.8. The maximum atomic E-state index is 12.2. The molecule has 0 spiro atoms. The van der Waals surface area contributed by atoms with Gasteiger partial charge in [0.2, 0.25) is 5.91 Å². The first-order valence-electron chi connectivity index (χ1n) is 7.78. The molecule has 0 unspecified atom stereocenters. The Labute approximate surface area is 149 Å². The number of ether oxygens (including phenoxy) is 1. The molecule has 1 heterocycles. The average Bonchev–Trinajstić information content (AvgIpc) is 2.91. The largest absolute Gasteiger partial charge is 0.497 e. The van der Waals surface area contributed by atoms with Gasteiger partial charge in [-0.3, -0.25) is 14.2 Å². The highest BCUT2D eigenvalue weighted by Crippen LogP contribution is 2.22. The first kappa shape index (κ1) is 17.0. The summed E-state index contributed by atoms with van der Waals surface area (Å²) in [6, 6.07) is 12.9. The molecule has 0 aliphatic heterocycles. The van der Waals surface area contributed by atoms with Gasteiger partial charge in [0.1, 0.15) is 5.75 Å². The van der Waals surface area contributed by atoms with Gasteiger partial charge < -0.3 is 10.1 Å². The van der Waals surface area contributed by atoms with Gasteiger partial charge in [-0.1, -0.05) is 29.5 Å².